The fraction of sp³-hybridized carbons (Fsp3) is 0.714. The minimum atomic E-state index is -0.165. The maximum atomic E-state index is 10.8. The molecule has 0 atom stereocenters. The number of hydrogen-bond acceptors (Lipinski definition) is 4. The summed E-state index contributed by atoms with van der Waals surface area (Å²) in [5.74, 6) is 0.00278. The van der Waals surface area contributed by atoms with Crippen LogP contribution in [0.25, 0.3) is 0 Å². The van der Waals surface area contributed by atoms with Crippen molar-refractivity contribution in [2.75, 3.05) is 20.3 Å². The van der Waals surface area contributed by atoms with Gasteiger partial charge < -0.3 is 21.0 Å². The molecule has 0 bridgehead atoms. The van der Waals surface area contributed by atoms with Gasteiger partial charge in [-0.3, -0.25) is 4.79 Å². The first-order valence-corrected chi connectivity index (χ1v) is 3.92. The molecule has 0 aliphatic heterocycles. The SMILES string of the molecule is COCC(=O)NCCCC(N)=NO. The first-order valence-electron chi connectivity index (χ1n) is 3.92. The maximum absolute atomic E-state index is 10.8. The predicted molar refractivity (Wildman–Crippen MR) is 47.5 cm³/mol. The molecule has 6 nitrogen and oxygen atoms in total. The Morgan fingerprint density at radius 2 is 2.38 bits per heavy atom. The van der Waals surface area contributed by atoms with Crippen LogP contribution in [0.1, 0.15) is 12.8 Å². The van der Waals surface area contributed by atoms with E-state index in [4.69, 9.17) is 10.9 Å². The van der Waals surface area contributed by atoms with E-state index in [2.05, 4.69) is 15.2 Å². The molecule has 0 heterocycles. The van der Waals surface area contributed by atoms with E-state index in [-0.39, 0.29) is 18.3 Å². The second-order valence-electron chi connectivity index (χ2n) is 2.48. The number of rotatable bonds is 6. The predicted octanol–water partition coefficient (Wildman–Crippen LogP) is -0.724. The van der Waals surface area contributed by atoms with Gasteiger partial charge in [-0.1, -0.05) is 5.16 Å². The average molecular weight is 189 g/mol. The Kier molecular flexibility index (Phi) is 6.62. The molecule has 0 spiro atoms. The van der Waals surface area contributed by atoms with E-state index in [1.807, 2.05) is 0 Å². The third-order valence-electron chi connectivity index (χ3n) is 1.34. The van der Waals surface area contributed by atoms with Crippen LogP contribution in [0.15, 0.2) is 5.16 Å². The summed E-state index contributed by atoms with van der Waals surface area (Å²) in [7, 11) is 1.45. The molecule has 0 aromatic rings. The van der Waals surface area contributed by atoms with Crippen LogP contribution in [-0.2, 0) is 9.53 Å². The Morgan fingerprint density at radius 1 is 1.69 bits per heavy atom. The van der Waals surface area contributed by atoms with Gasteiger partial charge in [0.2, 0.25) is 5.91 Å². The van der Waals surface area contributed by atoms with E-state index in [0.29, 0.717) is 19.4 Å². The largest absolute Gasteiger partial charge is 0.409 e. The van der Waals surface area contributed by atoms with Gasteiger partial charge in [0, 0.05) is 20.1 Å². The van der Waals surface area contributed by atoms with E-state index in [0.717, 1.165) is 0 Å². The molecule has 6 heteroatoms. The summed E-state index contributed by atoms with van der Waals surface area (Å²) in [5.41, 5.74) is 5.21. The Labute approximate surface area is 76.7 Å². The van der Waals surface area contributed by atoms with Crippen molar-refractivity contribution < 1.29 is 14.7 Å². The number of nitrogens with zero attached hydrogens (tertiary/aromatic N) is 1. The van der Waals surface area contributed by atoms with Crippen LogP contribution in [0, 0.1) is 0 Å². The minimum absolute atomic E-state index is 0.0591. The fourth-order valence-corrected chi connectivity index (χ4v) is 0.729. The smallest absolute Gasteiger partial charge is 0.245 e. The lowest BCUT2D eigenvalue weighted by molar-refractivity contribution is -0.124. The number of carbonyl (C=O) groups excluding carboxylic acids is 1. The summed E-state index contributed by atoms with van der Waals surface area (Å²) in [5, 5.41) is 13.6. The molecule has 0 fully saturated rings. The Hall–Kier alpha value is -1.30. The molecule has 0 aliphatic carbocycles. The Balaban J connectivity index is 3.30. The lowest BCUT2D eigenvalue weighted by atomic mass is 10.3. The van der Waals surface area contributed by atoms with Crippen LogP contribution in [0.5, 0.6) is 0 Å². The molecule has 0 aliphatic rings. The topological polar surface area (TPSA) is 96.9 Å². The van der Waals surface area contributed by atoms with E-state index in [1.54, 1.807) is 0 Å². The molecular weight excluding hydrogens is 174 g/mol. The lowest BCUT2D eigenvalue weighted by Gasteiger charge is -2.03. The van der Waals surface area contributed by atoms with Crippen LogP contribution in [0.2, 0.25) is 0 Å². The van der Waals surface area contributed by atoms with Gasteiger partial charge in [0.1, 0.15) is 12.4 Å². The monoisotopic (exact) mass is 189 g/mol. The molecule has 0 aromatic heterocycles. The Morgan fingerprint density at radius 3 is 2.92 bits per heavy atom. The molecule has 76 valence electrons. The highest BCUT2D eigenvalue weighted by molar-refractivity contribution is 5.79. The van der Waals surface area contributed by atoms with Crippen LogP contribution < -0.4 is 11.1 Å². The van der Waals surface area contributed by atoms with Crippen LogP contribution in [0.3, 0.4) is 0 Å². The van der Waals surface area contributed by atoms with Gasteiger partial charge in [-0.15, -0.1) is 0 Å². The van der Waals surface area contributed by atoms with Crippen LogP contribution >= 0.6 is 0 Å². The van der Waals surface area contributed by atoms with Crippen LogP contribution in [0.4, 0.5) is 0 Å². The molecule has 4 N–H and O–H groups in total. The van der Waals surface area contributed by atoms with Gasteiger partial charge in [0.25, 0.3) is 0 Å². The van der Waals surface area contributed by atoms with Crippen molar-refractivity contribution in [3.8, 4) is 0 Å². The molecule has 0 rings (SSSR count). The van der Waals surface area contributed by atoms with Gasteiger partial charge >= 0.3 is 0 Å². The number of oxime groups is 1. The average Bonchev–Trinajstić information content (AvgIpc) is 2.12. The molecular formula is C7H15N3O3. The van der Waals surface area contributed by atoms with Crippen molar-refractivity contribution >= 4 is 11.7 Å². The number of nitrogens with one attached hydrogen (secondary N) is 1. The van der Waals surface area contributed by atoms with Gasteiger partial charge in [-0.2, -0.15) is 0 Å². The minimum Gasteiger partial charge on any atom is -0.409 e. The number of ether oxygens (including phenoxy) is 1. The van der Waals surface area contributed by atoms with Gasteiger partial charge in [0.05, 0.1) is 0 Å². The third kappa shape index (κ3) is 7.07. The standard InChI is InChI=1S/C7H15N3O3/c1-13-5-7(11)9-4-2-3-6(8)10-12/h12H,2-5H2,1H3,(H2,8,10)(H,9,11). The lowest BCUT2D eigenvalue weighted by Crippen LogP contribution is -2.28. The molecule has 0 aromatic carbocycles. The third-order valence-corrected chi connectivity index (χ3v) is 1.34. The van der Waals surface area contributed by atoms with Gasteiger partial charge in [-0.25, -0.2) is 0 Å². The van der Waals surface area contributed by atoms with Gasteiger partial charge in [0.15, 0.2) is 0 Å². The number of amidine groups is 1. The summed E-state index contributed by atoms with van der Waals surface area (Å²) >= 11 is 0. The highest BCUT2D eigenvalue weighted by atomic mass is 16.5. The van der Waals surface area contributed by atoms with E-state index in [1.165, 1.54) is 7.11 Å². The number of methoxy groups -OCH3 is 1. The number of carbonyl (C=O) groups is 1. The van der Waals surface area contributed by atoms with E-state index >= 15 is 0 Å². The summed E-state index contributed by atoms with van der Waals surface area (Å²) in [6.07, 6.45) is 1.11. The summed E-state index contributed by atoms with van der Waals surface area (Å²) in [4.78, 5) is 10.8. The molecule has 0 unspecified atom stereocenters. The second-order valence-corrected chi connectivity index (χ2v) is 2.48. The van der Waals surface area contributed by atoms with Crippen molar-refractivity contribution in [2.24, 2.45) is 10.9 Å². The maximum Gasteiger partial charge on any atom is 0.245 e. The molecule has 13 heavy (non-hydrogen) atoms. The number of hydrogen-bond donors (Lipinski definition) is 3. The zero-order chi connectivity index (χ0) is 10.1. The van der Waals surface area contributed by atoms with Crippen molar-refractivity contribution in [3.05, 3.63) is 0 Å². The normalized spacial score (nSPS) is 11.3. The Bertz CT molecular complexity index is 182. The fourth-order valence-electron chi connectivity index (χ4n) is 0.729. The zero-order valence-corrected chi connectivity index (χ0v) is 7.62. The zero-order valence-electron chi connectivity index (χ0n) is 7.62. The van der Waals surface area contributed by atoms with Crippen molar-refractivity contribution in [3.63, 3.8) is 0 Å². The highest BCUT2D eigenvalue weighted by Crippen LogP contribution is 1.86. The molecule has 0 radical (unpaired) electrons. The van der Waals surface area contributed by atoms with Gasteiger partial charge in [-0.05, 0) is 6.42 Å². The molecule has 0 saturated carbocycles. The van der Waals surface area contributed by atoms with Crippen molar-refractivity contribution in [1.82, 2.24) is 5.32 Å². The molecule has 1 amide bonds. The molecule has 0 saturated heterocycles. The van der Waals surface area contributed by atoms with Crippen molar-refractivity contribution in [1.29, 1.82) is 0 Å². The first-order chi connectivity index (χ1) is 6.20. The number of amides is 1. The summed E-state index contributed by atoms with van der Waals surface area (Å²) in [6, 6.07) is 0. The van der Waals surface area contributed by atoms with Crippen molar-refractivity contribution in [2.45, 2.75) is 12.8 Å². The van der Waals surface area contributed by atoms with E-state index < -0.39 is 0 Å². The van der Waals surface area contributed by atoms with Crippen LogP contribution in [-0.4, -0.2) is 37.2 Å². The summed E-state index contributed by atoms with van der Waals surface area (Å²) in [6.45, 7) is 0.558. The quantitative estimate of drug-likeness (QED) is 0.169. The first kappa shape index (κ1) is 11.7. The second kappa shape index (κ2) is 7.35. The van der Waals surface area contributed by atoms with E-state index in [9.17, 15) is 4.79 Å². The summed E-state index contributed by atoms with van der Waals surface area (Å²) < 4.78 is 4.60. The highest BCUT2D eigenvalue weighted by Gasteiger charge is 1.98. The number of nitrogens with two attached hydrogens (primary N) is 1.